The lowest BCUT2D eigenvalue weighted by molar-refractivity contribution is 0.0933. The van der Waals surface area contributed by atoms with Crippen LogP contribution in [0, 0.1) is 5.92 Å². The molecule has 3 rings (SSSR count). The Balaban J connectivity index is 1.74. The van der Waals surface area contributed by atoms with Crippen molar-refractivity contribution in [1.82, 2.24) is 0 Å². The first-order valence-corrected chi connectivity index (χ1v) is 9.64. The summed E-state index contributed by atoms with van der Waals surface area (Å²) in [5.41, 5.74) is 1.84. The Kier molecular flexibility index (Phi) is 4.68. The summed E-state index contributed by atoms with van der Waals surface area (Å²) in [6, 6.07) is 17.2. The highest BCUT2D eigenvalue weighted by Crippen LogP contribution is 2.35. The SMILES string of the molecule is CS(=O)(=O)c1ccccc1NC[C@@H]1CCO[C@H]1c1ccccc1. The summed E-state index contributed by atoms with van der Waals surface area (Å²) < 4.78 is 29.6. The van der Waals surface area contributed by atoms with Gasteiger partial charge in [-0.25, -0.2) is 8.42 Å². The number of hydrogen-bond acceptors (Lipinski definition) is 4. The molecule has 0 radical (unpaired) electrons. The molecule has 0 spiro atoms. The summed E-state index contributed by atoms with van der Waals surface area (Å²) in [7, 11) is -3.24. The molecule has 1 fully saturated rings. The quantitative estimate of drug-likeness (QED) is 0.913. The van der Waals surface area contributed by atoms with Crippen LogP contribution in [0.2, 0.25) is 0 Å². The van der Waals surface area contributed by atoms with Crippen LogP contribution in [0.4, 0.5) is 5.69 Å². The Hall–Kier alpha value is -1.85. The smallest absolute Gasteiger partial charge is 0.177 e. The van der Waals surface area contributed by atoms with Gasteiger partial charge in [-0.05, 0) is 24.1 Å². The lowest BCUT2D eigenvalue weighted by Gasteiger charge is -2.20. The third-order valence-electron chi connectivity index (χ3n) is 4.18. The number of hydrogen-bond donors (Lipinski definition) is 1. The Bertz CT molecular complexity index is 759. The molecule has 1 saturated heterocycles. The fourth-order valence-electron chi connectivity index (χ4n) is 3.03. The van der Waals surface area contributed by atoms with E-state index in [2.05, 4.69) is 17.4 Å². The molecule has 5 heteroatoms. The highest BCUT2D eigenvalue weighted by Gasteiger charge is 2.29. The van der Waals surface area contributed by atoms with Gasteiger partial charge < -0.3 is 10.1 Å². The first-order valence-electron chi connectivity index (χ1n) is 7.75. The first kappa shape index (κ1) is 16.0. The molecule has 23 heavy (non-hydrogen) atoms. The number of anilines is 1. The minimum absolute atomic E-state index is 0.0640. The highest BCUT2D eigenvalue weighted by molar-refractivity contribution is 7.90. The van der Waals surface area contributed by atoms with Gasteiger partial charge in [-0.3, -0.25) is 0 Å². The minimum Gasteiger partial charge on any atom is -0.384 e. The second kappa shape index (κ2) is 6.72. The fourth-order valence-corrected chi connectivity index (χ4v) is 3.90. The molecule has 0 amide bonds. The van der Waals surface area contributed by atoms with E-state index in [0.717, 1.165) is 13.0 Å². The predicted octanol–water partition coefficient (Wildman–Crippen LogP) is 3.28. The average Bonchev–Trinajstić information content (AvgIpc) is 3.02. The van der Waals surface area contributed by atoms with E-state index < -0.39 is 9.84 Å². The number of rotatable bonds is 5. The molecule has 1 N–H and O–H groups in total. The van der Waals surface area contributed by atoms with Crippen molar-refractivity contribution in [1.29, 1.82) is 0 Å². The zero-order valence-corrected chi connectivity index (χ0v) is 13.9. The van der Waals surface area contributed by atoms with Crippen molar-refractivity contribution in [2.75, 3.05) is 24.7 Å². The van der Waals surface area contributed by atoms with Crippen molar-refractivity contribution in [3.8, 4) is 0 Å². The summed E-state index contributed by atoms with van der Waals surface area (Å²) in [4.78, 5) is 0.343. The zero-order chi connectivity index (χ0) is 16.3. The molecular formula is C18H21NO3S. The number of nitrogens with one attached hydrogen (secondary N) is 1. The monoisotopic (exact) mass is 331 g/mol. The van der Waals surface area contributed by atoms with Crippen LogP contribution in [0.15, 0.2) is 59.5 Å². The van der Waals surface area contributed by atoms with Crippen molar-refractivity contribution < 1.29 is 13.2 Å². The van der Waals surface area contributed by atoms with Crippen LogP contribution in [-0.4, -0.2) is 27.8 Å². The third kappa shape index (κ3) is 3.74. The number of sulfone groups is 1. The van der Waals surface area contributed by atoms with Crippen molar-refractivity contribution >= 4 is 15.5 Å². The minimum atomic E-state index is -3.24. The largest absolute Gasteiger partial charge is 0.384 e. The van der Waals surface area contributed by atoms with Crippen molar-refractivity contribution in [2.24, 2.45) is 5.92 Å². The van der Waals surface area contributed by atoms with E-state index in [0.29, 0.717) is 23.0 Å². The van der Waals surface area contributed by atoms with Crippen LogP contribution >= 0.6 is 0 Å². The Morgan fingerprint density at radius 2 is 1.78 bits per heavy atom. The van der Waals surface area contributed by atoms with E-state index >= 15 is 0 Å². The van der Waals surface area contributed by atoms with E-state index in [1.54, 1.807) is 12.1 Å². The van der Waals surface area contributed by atoms with E-state index in [4.69, 9.17) is 4.74 Å². The molecule has 2 aromatic carbocycles. The maximum Gasteiger partial charge on any atom is 0.177 e. The lowest BCUT2D eigenvalue weighted by Crippen LogP contribution is -2.19. The summed E-state index contributed by atoms with van der Waals surface area (Å²) >= 11 is 0. The molecule has 1 aliphatic rings. The molecule has 0 aliphatic carbocycles. The Labute approximate surface area is 137 Å². The number of para-hydroxylation sites is 1. The number of benzene rings is 2. The average molecular weight is 331 g/mol. The molecule has 0 saturated carbocycles. The zero-order valence-electron chi connectivity index (χ0n) is 13.1. The highest BCUT2D eigenvalue weighted by atomic mass is 32.2. The lowest BCUT2D eigenvalue weighted by atomic mass is 9.95. The predicted molar refractivity (Wildman–Crippen MR) is 91.3 cm³/mol. The first-order chi connectivity index (χ1) is 11.1. The molecule has 1 aliphatic heterocycles. The molecule has 0 bridgehead atoms. The van der Waals surface area contributed by atoms with Crippen LogP contribution in [0.5, 0.6) is 0 Å². The van der Waals surface area contributed by atoms with Crippen LogP contribution in [0.1, 0.15) is 18.1 Å². The molecule has 4 nitrogen and oxygen atoms in total. The van der Waals surface area contributed by atoms with Gasteiger partial charge in [0.15, 0.2) is 9.84 Å². The summed E-state index contributed by atoms with van der Waals surface area (Å²) in [5, 5.41) is 3.30. The van der Waals surface area contributed by atoms with Crippen molar-refractivity contribution in [3.63, 3.8) is 0 Å². The van der Waals surface area contributed by atoms with Crippen molar-refractivity contribution in [2.45, 2.75) is 17.4 Å². The normalized spacial score (nSPS) is 21.3. The summed E-state index contributed by atoms with van der Waals surface area (Å²) in [6.07, 6.45) is 2.26. The van der Waals surface area contributed by atoms with Crippen LogP contribution < -0.4 is 5.32 Å². The second-order valence-electron chi connectivity index (χ2n) is 5.90. The van der Waals surface area contributed by atoms with Gasteiger partial charge in [0, 0.05) is 25.3 Å². The molecular weight excluding hydrogens is 310 g/mol. The van der Waals surface area contributed by atoms with Gasteiger partial charge in [-0.15, -0.1) is 0 Å². The number of ether oxygens (including phenoxy) is 1. The summed E-state index contributed by atoms with van der Waals surface area (Å²) in [6.45, 7) is 1.42. The molecule has 0 aromatic heterocycles. The van der Waals surface area contributed by atoms with Gasteiger partial charge >= 0.3 is 0 Å². The maximum atomic E-state index is 11.9. The van der Waals surface area contributed by atoms with Gasteiger partial charge in [-0.2, -0.15) is 0 Å². The molecule has 2 aromatic rings. The van der Waals surface area contributed by atoms with Gasteiger partial charge in [0.2, 0.25) is 0 Å². The van der Waals surface area contributed by atoms with Gasteiger partial charge in [-0.1, -0.05) is 42.5 Å². The van der Waals surface area contributed by atoms with Crippen LogP contribution in [0.3, 0.4) is 0 Å². The maximum absolute atomic E-state index is 11.9. The Morgan fingerprint density at radius 1 is 1.09 bits per heavy atom. The molecule has 122 valence electrons. The van der Waals surface area contributed by atoms with Crippen molar-refractivity contribution in [3.05, 3.63) is 60.2 Å². The van der Waals surface area contributed by atoms with Crippen LogP contribution in [0.25, 0.3) is 0 Å². The Morgan fingerprint density at radius 3 is 2.52 bits per heavy atom. The molecule has 1 heterocycles. The molecule has 0 unspecified atom stereocenters. The van der Waals surface area contributed by atoms with E-state index in [-0.39, 0.29) is 6.10 Å². The van der Waals surface area contributed by atoms with E-state index in [1.165, 1.54) is 11.8 Å². The molecule has 2 atom stereocenters. The van der Waals surface area contributed by atoms with E-state index in [9.17, 15) is 8.42 Å². The standard InChI is InChI=1S/C18H21NO3S/c1-23(20,21)17-10-6-5-9-16(17)19-13-15-11-12-22-18(15)14-7-3-2-4-8-14/h2-10,15,18-19H,11-13H2,1H3/t15-,18-/m0/s1. The van der Waals surface area contributed by atoms with Gasteiger partial charge in [0.25, 0.3) is 0 Å². The van der Waals surface area contributed by atoms with Gasteiger partial charge in [0.05, 0.1) is 16.7 Å². The van der Waals surface area contributed by atoms with Gasteiger partial charge in [0.1, 0.15) is 0 Å². The third-order valence-corrected chi connectivity index (χ3v) is 5.34. The summed E-state index contributed by atoms with van der Waals surface area (Å²) in [5.74, 6) is 0.324. The second-order valence-corrected chi connectivity index (χ2v) is 7.88. The fraction of sp³-hybridized carbons (Fsp3) is 0.333. The topological polar surface area (TPSA) is 55.4 Å². The van der Waals surface area contributed by atoms with Crippen LogP contribution in [-0.2, 0) is 14.6 Å². The van der Waals surface area contributed by atoms with E-state index in [1.807, 2.05) is 30.3 Å².